The van der Waals surface area contributed by atoms with Crippen LogP contribution in [0.4, 0.5) is 11.6 Å². The van der Waals surface area contributed by atoms with Crippen molar-refractivity contribution in [2.24, 2.45) is 11.8 Å². The molecule has 0 spiro atoms. The van der Waals surface area contributed by atoms with Crippen molar-refractivity contribution in [2.45, 2.75) is 47.5 Å². The zero-order valence-corrected chi connectivity index (χ0v) is 13.0. The summed E-state index contributed by atoms with van der Waals surface area (Å²) in [5, 5.41) is 0. The normalized spacial score (nSPS) is 11.3. The zero-order valence-electron chi connectivity index (χ0n) is 13.0. The highest BCUT2D eigenvalue weighted by Gasteiger charge is 2.17. The molecule has 0 unspecified atom stereocenters. The van der Waals surface area contributed by atoms with Gasteiger partial charge < -0.3 is 10.6 Å². The topological polar surface area (TPSA) is 55.0 Å². The van der Waals surface area contributed by atoms with Gasteiger partial charge in [-0.15, -0.1) is 0 Å². The summed E-state index contributed by atoms with van der Waals surface area (Å²) < 4.78 is 0. The van der Waals surface area contributed by atoms with Gasteiger partial charge in [-0.2, -0.15) is 0 Å². The molecule has 1 aromatic rings. The second-order valence-electron chi connectivity index (χ2n) is 6.00. The van der Waals surface area contributed by atoms with E-state index in [4.69, 9.17) is 5.73 Å². The number of nitrogens with zero attached hydrogens (tertiary/aromatic N) is 3. The van der Waals surface area contributed by atoms with Crippen LogP contribution in [0, 0.1) is 11.8 Å². The van der Waals surface area contributed by atoms with Gasteiger partial charge in [-0.3, -0.25) is 0 Å². The molecule has 0 saturated carbocycles. The van der Waals surface area contributed by atoms with Gasteiger partial charge in [-0.05, 0) is 18.3 Å². The predicted molar refractivity (Wildman–Crippen MR) is 82.3 cm³/mol. The number of nitrogen functional groups attached to an aromatic ring is 1. The Morgan fingerprint density at radius 1 is 1.11 bits per heavy atom. The van der Waals surface area contributed by atoms with Gasteiger partial charge in [0.1, 0.15) is 18.0 Å². The van der Waals surface area contributed by atoms with Crippen molar-refractivity contribution in [3.63, 3.8) is 0 Å². The van der Waals surface area contributed by atoms with Gasteiger partial charge in [0.2, 0.25) is 0 Å². The van der Waals surface area contributed by atoms with Gasteiger partial charge in [-0.1, -0.05) is 41.0 Å². The molecule has 1 heterocycles. The molecule has 0 aliphatic carbocycles. The largest absolute Gasteiger partial charge is 0.383 e. The first-order chi connectivity index (χ1) is 8.95. The van der Waals surface area contributed by atoms with E-state index in [1.54, 1.807) is 6.33 Å². The molecular formula is C15H28N4. The summed E-state index contributed by atoms with van der Waals surface area (Å²) in [6, 6.07) is 0. The lowest BCUT2D eigenvalue weighted by molar-refractivity contribution is 0.546. The van der Waals surface area contributed by atoms with Gasteiger partial charge in [0.25, 0.3) is 0 Å². The first-order valence-corrected chi connectivity index (χ1v) is 7.29. The molecule has 108 valence electrons. The van der Waals surface area contributed by atoms with Crippen LogP contribution in [0.25, 0.3) is 0 Å². The Labute approximate surface area is 117 Å². The van der Waals surface area contributed by atoms with Crippen LogP contribution in [0.5, 0.6) is 0 Å². The van der Waals surface area contributed by atoms with Gasteiger partial charge in [-0.25, -0.2) is 9.97 Å². The third kappa shape index (κ3) is 4.69. The fourth-order valence-electron chi connectivity index (χ4n) is 2.31. The quantitative estimate of drug-likeness (QED) is 0.822. The average Bonchev–Trinajstić information content (AvgIpc) is 2.30. The van der Waals surface area contributed by atoms with E-state index < -0.39 is 0 Å². The smallest absolute Gasteiger partial charge is 0.137 e. The molecule has 1 rings (SSSR count). The molecule has 0 fully saturated rings. The van der Waals surface area contributed by atoms with E-state index in [9.17, 15) is 0 Å². The Hall–Kier alpha value is -1.32. The van der Waals surface area contributed by atoms with Crippen LogP contribution < -0.4 is 10.6 Å². The van der Waals surface area contributed by atoms with E-state index in [0.29, 0.717) is 17.7 Å². The molecule has 0 bridgehead atoms. The maximum Gasteiger partial charge on any atom is 0.137 e. The van der Waals surface area contributed by atoms with Crippen LogP contribution in [0.15, 0.2) is 6.33 Å². The first kappa shape index (κ1) is 15.7. The Balaban J connectivity index is 3.09. The van der Waals surface area contributed by atoms with E-state index in [0.717, 1.165) is 37.3 Å². The fourth-order valence-corrected chi connectivity index (χ4v) is 2.31. The predicted octanol–water partition coefficient (Wildman–Crippen LogP) is 3.13. The second-order valence-corrected chi connectivity index (χ2v) is 6.00. The molecule has 1 aromatic heterocycles. The summed E-state index contributed by atoms with van der Waals surface area (Å²) in [5.41, 5.74) is 7.13. The minimum atomic E-state index is 0.601. The van der Waals surface area contributed by atoms with Crippen molar-refractivity contribution in [2.75, 3.05) is 23.7 Å². The van der Waals surface area contributed by atoms with Crippen LogP contribution in [-0.4, -0.2) is 23.1 Å². The van der Waals surface area contributed by atoms with E-state index >= 15 is 0 Å². The summed E-state index contributed by atoms with van der Waals surface area (Å²) in [6.45, 7) is 13.1. The number of nitrogens with two attached hydrogens (primary N) is 1. The summed E-state index contributed by atoms with van der Waals surface area (Å²) in [4.78, 5) is 11.0. The van der Waals surface area contributed by atoms with Gasteiger partial charge in [0, 0.05) is 18.7 Å². The third-order valence-electron chi connectivity index (χ3n) is 2.93. The molecule has 0 aliphatic rings. The van der Waals surface area contributed by atoms with E-state index in [-0.39, 0.29) is 0 Å². The standard InChI is InChI=1S/C15H28N4/c1-6-7-13-14(16)17-10-18-15(13)19(8-11(2)3)9-12(4)5/h10-12H,6-9H2,1-5H3,(H2,16,17,18). The minimum absolute atomic E-state index is 0.601. The van der Waals surface area contributed by atoms with Crippen LogP contribution in [0.1, 0.15) is 46.6 Å². The van der Waals surface area contributed by atoms with Gasteiger partial charge in [0.15, 0.2) is 0 Å². The third-order valence-corrected chi connectivity index (χ3v) is 2.93. The van der Waals surface area contributed by atoms with Crippen LogP contribution in [0.2, 0.25) is 0 Å². The highest BCUT2D eigenvalue weighted by atomic mass is 15.2. The Morgan fingerprint density at radius 2 is 1.68 bits per heavy atom. The molecule has 0 radical (unpaired) electrons. The fraction of sp³-hybridized carbons (Fsp3) is 0.733. The average molecular weight is 264 g/mol. The number of anilines is 2. The maximum absolute atomic E-state index is 6.03. The Kier molecular flexibility index (Phi) is 6.06. The molecule has 0 aromatic carbocycles. The Bertz CT molecular complexity index is 378. The lowest BCUT2D eigenvalue weighted by Crippen LogP contribution is -2.33. The molecule has 0 saturated heterocycles. The van der Waals surface area contributed by atoms with Crippen molar-refractivity contribution >= 4 is 11.6 Å². The van der Waals surface area contributed by atoms with E-state index in [1.807, 2.05) is 0 Å². The number of aromatic nitrogens is 2. The van der Waals surface area contributed by atoms with Crippen molar-refractivity contribution in [1.29, 1.82) is 0 Å². The molecule has 19 heavy (non-hydrogen) atoms. The summed E-state index contributed by atoms with van der Waals surface area (Å²) in [6.07, 6.45) is 3.58. The van der Waals surface area contributed by atoms with Crippen molar-refractivity contribution in [3.8, 4) is 0 Å². The summed E-state index contributed by atoms with van der Waals surface area (Å²) >= 11 is 0. The van der Waals surface area contributed by atoms with Gasteiger partial charge >= 0.3 is 0 Å². The van der Waals surface area contributed by atoms with E-state index in [2.05, 4.69) is 49.5 Å². The molecule has 0 atom stereocenters. The second kappa shape index (κ2) is 7.31. The molecule has 2 N–H and O–H groups in total. The molecule has 0 amide bonds. The van der Waals surface area contributed by atoms with Gasteiger partial charge in [0.05, 0.1) is 0 Å². The first-order valence-electron chi connectivity index (χ1n) is 7.29. The van der Waals surface area contributed by atoms with E-state index in [1.165, 1.54) is 0 Å². The molecule has 4 heteroatoms. The summed E-state index contributed by atoms with van der Waals surface area (Å²) in [5.74, 6) is 2.86. The Morgan fingerprint density at radius 3 is 2.16 bits per heavy atom. The van der Waals surface area contributed by atoms with Crippen molar-refractivity contribution in [3.05, 3.63) is 11.9 Å². The lowest BCUT2D eigenvalue weighted by atomic mass is 10.1. The van der Waals surface area contributed by atoms with Crippen LogP contribution >= 0.6 is 0 Å². The SMILES string of the molecule is CCCc1c(N)ncnc1N(CC(C)C)CC(C)C. The zero-order chi connectivity index (χ0) is 14.4. The molecular weight excluding hydrogens is 236 g/mol. The number of hydrogen-bond donors (Lipinski definition) is 1. The molecule has 4 nitrogen and oxygen atoms in total. The van der Waals surface area contributed by atoms with Crippen LogP contribution in [-0.2, 0) is 6.42 Å². The molecule has 0 aliphatic heterocycles. The summed E-state index contributed by atoms with van der Waals surface area (Å²) in [7, 11) is 0. The highest BCUT2D eigenvalue weighted by molar-refractivity contribution is 5.56. The van der Waals surface area contributed by atoms with Crippen molar-refractivity contribution < 1.29 is 0 Å². The lowest BCUT2D eigenvalue weighted by Gasteiger charge is -2.29. The number of rotatable bonds is 7. The van der Waals surface area contributed by atoms with Crippen molar-refractivity contribution in [1.82, 2.24) is 9.97 Å². The van der Waals surface area contributed by atoms with Crippen LogP contribution in [0.3, 0.4) is 0 Å². The maximum atomic E-state index is 6.03. The highest BCUT2D eigenvalue weighted by Crippen LogP contribution is 2.24. The monoisotopic (exact) mass is 264 g/mol. The minimum Gasteiger partial charge on any atom is -0.383 e. The number of hydrogen-bond acceptors (Lipinski definition) is 4.